The zero-order chi connectivity index (χ0) is 9.68. The number of hydrogen-bond donors (Lipinski definition) is 2. The van der Waals surface area contributed by atoms with Crippen molar-refractivity contribution < 1.29 is 5.11 Å². The first kappa shape index (κ1) is 11.0. The minimum Gasteiger partial charge on any atom is -0.395 e. The van der Waals surface area contributed by atoms with E-state index in [1.807, 2.05) is 7.05 Å². The van der Waals surface area contributed by atoms with E-state index in [4.69, 9.17) is 5.11 Å². The van der Waals surface area contributed by atoms with E-state index in [2.05, 4.69) is 17.1 Å². The molecule has 1 fully saturated rings. The van der Waals surface area contributed by atoms with E-state index in [9.17, 15) is 0 Å². The fourth-order valence-electron chi connectivity index (χ4n) is 2.00. The first-order valence-corrected chi connectivity index (χ1v) is 5.26. The largest absolute Gasteiger partial charge is 0.395 e. The third-order valence-corrected chi connectivity index (χ3v) is 2.85. The molecule has 0 aromatic rings. The van der Waals surface area contributed by atoms with E-state index in [0.29, 0.717) is 0 Å². The van der Waals surface area contributed by atoms with Crippen LogP contribution in [-0.2, 0) is 0 Å². The molecule has 1 saturated heterocycles. The molecular formula is C10H22N2O. The molecule has 0 aliphatic carbocycles. The maximum Gasteiger partial charge on any atom is 0.0597 e. The number of piperidine rings is 1. The monoisotopic (exact) mass is 186 g/mol. The lowest BCUT2D eigenvalue weighted by atomic mass is 10.00. The van der Waals surface area contributed by atoms with Gasteiger partial charge in [0, 0.05) is 19.1 Å². The van der Waals surface area contributed by atoms with Crippen LogP contribution in [0.2, 0.25) is 0 Å². The van der Waals surface area contributed by atoms with Crippen LogP contribution in [0.1, 0.15) is 19.8 Å². The molecule has 1 rings (SSSR count). The Morgan fingerprint density at radius 1 is 1.62 bits per heavy atom. The van der Waals surface area contributed by atoms with Gasteiger partial charge in [0.05, 0.1) is 6.61 Å². The second-order valence-electron chi connectivity index (χ2n) is 4.18. The van der Waals surface area contributed by atoms with Gasteiger partial charge in [-0.3, -0.25) is 0 Å². The molecule has 0 spiro atoms. The molecule has 0 saturated carbocycles. The Labute approximate surface area is 81.1 Å². The Hall–Kier alpha value is -0.120. The number of aliphatic hydroxyl groups is 1. The van der Waals surface area contributed by atoms with Gasteiger partial charge < -0.3 is 15.3 Å². The summed E-state index contributed by atoms with van der Waals surface area (Å²) < 4.78 is 0. The van der Waals surface area contributed by atoms with Crippen LogP contribution in [0.15, 0.2) is 0 Å². The highest BCUT2D eigenvalue weighted by Gasteiger charge is 2.18. The number of likely N-dealkylation sites (N-methyl/N-ethyl adjacent to an activating group) is 1. The molecule has 2 unspecified atom stereocenters. The Kier molecular flexibility index (Phi) is 4.70. The zero-order valence-corrected chi connectivity index (χ0v) is 8.79. The van der Waals surface area contributed by atoms with E-state index in [-0.39, 0.29) is 12.6 Å². The summed E-state index contributed by atoms with van der Waals surface area (Å²) in [6, 6.07) is 0.241. The minimum absolute atomic E-state index is 0.237. The molecule has 1 aliphatic rings. The van der Waals surface area contributed by atoms with E-state index < -0.39 is 0 Å². The van der Waals surface area contributed by atoms with Crippen LogP contribution >= 0.6 is 0 Å². The third kappa shape index (κ3) is 3.63. The van der Waals surface area contributed by atoms with Gasteiger partial charge in [-0.15, -0.1) is 0 Å². The van der Waals surface area contributed by atoms with Crippen molar-refractivity contribution in [2.45, 2.75) is 25.8 Å². The van der Waals surface area contributed by atoms with Crippen molar-refractivity contribution in [1.82, 2.24) is 10.2 Å². The van der Waals surface area contributed by atoms with Crippen molar-refractivity contribution in [2.75, 3.05) is 33.3 Å². The summed E-state index contributed by atoms with van der Waals surface area (Å²) in [5.41, 5.74) is 0. The van der Waals surface area contributed by atoms with Gasteiger partial charge in [-0.1, -0.05) is 6.92 Å². The van der Waals surface area contributed by atoms with Crippen molar-refractivity contribution >= 4 is 0 Å². The molecule has 78 valence electrons. The van der Waals surface area contributed by atoms with Crippen molar-refractivity contribution in [2.24, 2.45) is 5.92 Å². The predicted molar refractivity (Wildman–Crippen MR) is 54.8 cm³/mol. The lowest BCUT2D eigenvalue weighted by molar-refractivity contribution is 0.143. The lowest BCUT2D eigenvalue weighted by Gasteiger charge is -2.33. The molecule has 2 N–H and O–H groups in total. The number of nitrogens with zero attached hydrogens (tertiary/aromatic N) is 1. The van der Waals surface area contributed by atoms with Gasteiger partial charge in [-0.2, -0.15) is 0 Å². The molecule has 0 bridgehead atoms. The summed E-state index contributed by atoms with van der Waals surface area (Å²) in [4.78, 5) is 2.45. The number of nitrogens with one attached hydrogen (secondary N) is 1. The van der Waals surface area contributed by atoms with Gasteiger partial charge in [0.1, 0.15) is 0 Å². The maximum atomic E-state index is 9.03. The van der Waals surface area contributed by atoms with Crippen molar-refractivity contribution in [1.29, 1.82) is 0 Å². The maximum absolute atomic E-state index is 9.03. The molecule has 0 amide bonds. The number of likely N-dealkylation sites (tertiary alicyclic amines) is 1. The summed E-state index contributed by atoms with van der Waals surface area (Å²) >= 11 is 0. The summed E-state index contributed by atoms with van der Waals surface area (Å²) in [5, 5.41) is 12.2. The SMILES string of the molecule is CNC(CO)CN1CCCC(C)C1. The van der Waals surface area contributed by atoms with Gasteiger partial charge in [0.2, 0.25) is 0 Å². The average Bonchev–Trinajstić information content (AvgIpc) is 2.14. The van der Waals surface area contributed by atoms with Crippen molar-refractivity contribution in [3.63, 3.8) is 0 Å². The summed E-state index contributed by atoms with van der Waals surface area (Å²) in [6.45, 7) is 5.92. The Balaban J connectivity index is 2.26. The molecular weight excluding hydrogens is 164 g/mol. The molecule has 1 heterocycles. The first-order chi connectivity index (χ1) is 6.26. The molecule has 1 aliphatic heterocycles. The molecule has 2 atom stereocenters. The normalized spacial score (nSPS) is 27.5. The standard InChI is InChI=1S/C10H22N2O/c1-9-4-3-5-12(6-9)7-10(8-13)11-2/h9-11,13H,3-8H2,1-2H3. The van der Waals surface area contributed by atoms with E-state index in [1.54, 1.807) is 0 Å². The number of aliphatic hydroxyl groups excluding tert-OH is 1. The Morgan fingerprint density at radius 2 is 2.38 bits per heavy atom. The van der Waals surface area contributed by atoms with E-state index in [1.165, 1.54) is 25.9 Å². The third-order valence-electron chi connectivity index (χ3n) is 2.85. The number of rotatable bonds is 4. The van der Waals surface area contributed by atoms with Crippen molar-refractivity contribution in [3.8, 4) is 0 Å². The highest BCUT2D eigenvalue weighted by Crippen LogP contribution is 2.15. The van der Waals surface area contributed by atoms with Crippen LogP contribution < -0.4 is 5.32 Å². The zero-order valence-electron chi connectivity index (χ0n) is 8.79. The Bertz CT molecular complexity index is 137. The minimum atomic E-state index is 0.237. The summed E-state index contributed by atoms with van der Waals surface area (Å²) in [5.74, 6) is 0.824. The molecule has 0 aromatic heterocycles. The highest BCUT2D eigenvalue weighted by molar-refractivity contribution is 4.75. The first-order valence-electron chi connectivity index (χ1n) is 5.26. The van der Waals surface area contributed by atoms with Crippen LogP contribution in [0, 0.1) is 5.92 Å². The van der Waals surface area contributed by atoms with Gasteiger partial charge >= 0.3 is 0 Å². The molecule has 3 heteroatoms. The van der Waals surface area contributed by atoms with Gasteiger partial charge in [-0.25, -0.2) is 0 Å². The average molecular weight is 186 g/mol. The molecule has 0 aromatic carbocycles. The smallest absolute Gasteiger partial charge is 0.0597 e. The summed E-state index contributed by atoms with van der Waals surface area (Å²) in [6.07, 6.45) is 2.67. The van der Waals surface area contributed by atoms with Crippen LogP contribution in [0.4, 0.5) is 0 Å². The van der Waals surface area contributed by atoms with E-state index >= 15 is 0 Å². The van der Waals surface area contributed by atoms with Gasteiger partial charge in [0.25, 0.3) is 0 Å². The van der Waals surface area contributed by atoms with Crippen LogP contribution in [0.25, 0.3) is 0 Å². The fraction of sp³-hybridized carbons (Fsp3) is 1.00. The Morgan fingerprint density at radius 3 is 2.92 bits per heavy atom. The lowest BCUT2D eigenvalue weighted by Crippen LogP contribution is -2.45. The second-order valence-corrected chi connectivity index (χ2v) is 4.18. The van der Waals surface area contributed by atoms with Gasteiger partial charge in [-0.05, 0) is 32.4 Å². The molecule has 3 nitrogen and oxygen atoms in total. The van der Waals surface area contributed by atoms with Crippen molar-refractivity contribution in [3.05, 3.63) is 0 Å². The van der Waals surface area contributed by atoms with Crippen LogP contribution in [-0.4, -0.2) is 49.3 Å². The fourth-order valence-corrected chi connectivity index (χ4v) is 2.00. The second kappa shape index (κ2) is 5.58. The summed E-state index contributed by atoms with van der Waals surface area (Å²) in [7, 11) is 1.91. The van der Waals surface area contributed by atoms with E-state index in [0.717, 1.165) is 12.5 Å². The number of hydrogen-bond acceptors (Lipinski definition) is 3. The molecule has 13 heavy (non-hydrogen) atoms. The highest BCUT2D eigenvalue weighted by atomic mass is 16.3. The predicted octanol–water partition coefficient (Wildman–Crippen LogP) is 0.299. The van der Waals surface area contributed by atoms with Crippen LogP contribution in [0.3, 0.4) is 0 Å². The van der Waals surface area contributed by atoms with Crippen LogP contribution in [0.5, 0.6) is 0 Å². The topological polar surface area (TPSA) is 35.5 Å². The molecule has 0 radical (unpaired) electrons. The van der Waals surface area contributed by atoms with Gasteiger partial charge in [0.15, 0.2) is 0 Å². The quantitative estimate of drug-likeness (QED) is 0.663.